The summed E-state index contributed by atoms with van der Waals surface area (Å²) in [4.78, 5) is 13.9. The van der Waals surface area contributed by atoms with E-state index in [-0.39, 0.29) is 17.9 Å². The summed E-state index contributed by atoms with van der Waals surface area (Å²) in [6.07, 6.45) is 5.74. The minimum Gasteiger partial charge on any atom is -0.508 e. The van der Waals surface area contributed by atoms with Gasteiger partial charge >= 0.3 is 0 Å². The van der Waals surface area contributed by atoms with Crippen LogP contribution in [0, 0.1) is 0 Å². The summed E-state index contributed by atoms with van der Waals surface area (Å²) in [7, 11) is 2.17. The quantitative estimate of drug-likeness (QED) is 0.259. The van der Waals surface area contributed by atoms with Gasteiger partial charge in [0.15, 0.2) is 6.61 Å². The number of piperidine rings is 1. The number of phenols is 1. The highest BCUT2D eigenvalue weighted by atomic mass is 16.5. The molecule has 1 saturated heterocycles. The number of hydrogen-bond donors (Lipinski definition) is 3. The van der Waals surface area contributed by atoms with E-state index in [0.717, 1.165) is 93.9 Å². The van der Waals surface area contributed by atoms with Crippen molar-refractivity contribution < 1.29 is 19.4 Å². The van der Waals surface area contributed by atoms with Crippen molar-refractivity contribution in [3.05, 3.63) is 89.0 Å². The Balaban J connectivity index is 1.03. The summed E-state index contributed by atoms with van der Waals surface area (Å²) in [5.41, 5.74) is 5.26. The van der Waals surface area contributed by atoms with Crippen LogP contribution in [0.3, 0.4) is 0 Å². The number of likely N-dealkylation sites (tertiary alicyclic amines) is 1. The number of aromatic hydroxyl groups is 1. The first-order valence-electron chi connectivity index (χ1n) is 14.9. The molecule has 3 aromatic rings. The van der Waals surface area contributed by atoms with Gasteiger partial charge in [-0.05, 0) is 101 Å². The Bertz CT molecular complexity index is 1290. The third-order valence-corrected chi connectivity index (χ3v) is 8.46. The van der Waals surface area contributed by atoms with Crippen LogP contribution in [-0.4, -0.2) is 69.0 Å². The number of amides is 1. The molecule has 5 rings (SSSR count). The zero-order valence-electron chi connectivity index (χ0n) is 24.2. The number of ether oxygens (including phenoxy) is 2. The normalized spacial score (nSPS) is 16.6. The molecule has 0 spiro atoms. The molecule has 0 saturated carbocycles. The number of benzene rings is 3. The van der Waals surface area contributed by atoms with Crippen molar-refractivity contribution in [2.75, 3.05) is 58.4 Å². The molecule has 7 heteroatoms. The van der Waals surface area contributed by atoms with E-state index in [4.69, 9.17) is 9.47 Å². The second kappa shape index (κ2) is 14.0. The van der Waals surface area contributed by atoms with Crippen molar-refractivity contribution in [3.8, 4) is 11.5 Å². The maximum absolute atomic E-state index is 11.5. The summed E-state index contributed by atoms with van der Waals surface area (Å²) < 4.78 is 11.6. The first-order valence-corrected chi connectivity index (χ1v) is 14.9. The standard InChI is InChI=1S/C34H43N3O4/c1-37-20-16-34(17-21-37,28-9-3-2-4-10-28)29-24-26(12-13-31(29)38)15-23-40-22-6-5-18-35-19-14-27-8-7-11-30-33(27)41-25-32(39)36-30/h2-4,7-13,24,35,38H,5-6,14-23,25H2,1H3,(H,36,39). The molecule has 1 fully saturated rings. The highest BCUT2D eigenvalue weighted by molar-refractivity contribution is 5.95. The van der Waals surface area contributed by atoms with E-state index in [9.17, 15) is 9.90 Å². The number of nitrogens with one attached hydrogen (secondary N) is 2. The van der Waals surface area contributed by atoms with E-state index in [1.54, 1.807) is 0 Å². The molecule has 3 N–H and O–H groups in total. The Morgan fingerprint density at radius 2 is 1.80 bits per heavy atom. The molecule has 7 nitrogen and oxygen atoms in total. The number of anilines is 1. The van der Waals surface area contributed by atoms with Crippen molar-refractivity contribution in [2.45, 2.75) is 43.9 Å². The van der Waals surface area contributed by atoms with Crippen LogP contribution >= 0.6 is 0 Å². The first kappa shape index (κ1) is 29.1. The van der Waals surface area contributed by atoms with Crippen LogP contribution in [0.25, 0.3) is 0 Å². The van der Waals surface area contributed by atoms with E-state index < -0.39 is 0 Å². The van der Waals surface area contributed by atoms with Crippen LogP contribution in [-0.2, 0) is 27.8 Å². The number of fused-ring (bicyclic) bond motifs is 1. The van der Waals surface area contributed by atoms with E-state index in [0.29, 0.717) is 12.4 Å². The number of hydrogen-bond acceptors (Lipinski definition) is 6. The van der Waals surface area contributed by atoms with Crippen molar-refractivity contribution >= 4 is 11.6 Å². The van der Waals surface area contributed by atoms with Gasteiger partial charge in [0, 0.05) is 17.6 Å². The third-order valence-electron chi connectivity index (χ3n) is 8.46. The van der Waals surface area contributed by atoms with Gasteiger partial charge in [-0.3, -0.25) is 4.79 Å². The molecule has 0 bridgehead atoms. The summed E-state index contributed by atoms with van der Waals surface area (Å²) in [5, 5.41) is 17.3. The van der Waals surface area contributed by atoms with Crippen LogP contribution in [0.2, 0.25) is 0 Å². The summed E-state index contributed by atoms with van der Waals surface area (Å²) in [5.74, 6) is 1.08. The van der Waals surface area contributed by atoms with Gasteiger partial charge in [-0.2, -0.15) is 0 Å². The van der Waals surface area contributed by atoms with Gasteiger partial charge < -0.3 is 30.1 Å². The monoisotopic (exact) mass is 557 g/mol. The molecule has 2 aliphatic heterocycles. The van der Waals surface area contributed by atoms with Crippen LogP contribution in [0.15, 0.2) is 66.7 Å². The smallest absolute Gasteiger partial charge is 0.262 e. The fraction of sp³-hybridized carbons (Fsp3) is 0.441. The largest absolute Gasteiger partial charge is 0.508 e. The molecule has 0 aliphatic carbocycles. The number of unbranched alkanes of at least 4 members (excludes halogenated alkanes) is 1. The van der Waals surface area contributed by atoms with E-state index in [2.05, 4.69) is 65.0 Å². The number of nitrogens with zero attached hydrogens (tertiary/aromatic N) is 1. The predicted molar refractivity (Wildman–Crippen MR) is 163 cm³/mol. The predicted octanol–water partition coefficient (Wildman–Crippen LogP) is 4.91. The Kier molecular flexibility index (Phi) is 9.93. The van der Waals surface area contributed by atoms with Gasteiger partial charge in [0.2, 0.25) is 0 Å². The molecule has 1 amide bonds. The zero-order chi connectivity index (χ0) is 28.5. The first-order chi connectivity index (χ1) is 20.0. The lowest BCUT2D eigenvalue weighted by Crippen LogP contribution is -2.41. The fourth-order valence-electron chi connectivity index (χ4n) is 6.06. The molecule has 218 valence electrons. The van der Waals surface area contributed by atoms with E-state index in [1.807, 2.05) is 24.3 Å². The minimum absolute atomic E-state index is 0.0810. The van der Waals surface area contributed by atoms with Gasteiger partial charge in [0.05, 0.1) is 12.3 Å². The molecule has 3 aromatic carbocycles. The molecule has 0 aromatic heterocycles. The summed E-state index contributed by atoms with van der Waals surface area (Å²) in [6.45, 7) is 5.32. The lowest BCUT2D eigenvalue weighted by atomic mass is 9.67. The molecule has 0 radical (unpaired) electrons. The highest BCUT2D eigenvalue weighted by Crippen LogP contribution is 2.45. The third kappa shape index (κ3) is 7.28. The Hall–Kier alpha value is -3.39. The second-order valence-electron chi connectivity index (χ2n) is 11.3. The van der Waals surface area contributed by atoms with Crippen LogP contribution in [0.4, 0.5) is 5.69 Å². The number of para-hydroxylation sites is 1. The fourth-order valence-corrected chi connectivity index (χ4v) is 6.06. The van der Waals surface area contributed by atoms with E-state index in [1.165, 1.54) is 11.1 Å². The van der Waals surface area contributed by atoms with Crippen molar-refractivity contribution in [2.24, 2.45) is 0 Å². The molecule has 2 aliphatic rings. The lowest BCUT2D eigenvalue weighted by Gasteiger charge is -2.42. The molecule has 2 heterocycles. The summed E-state index contributed by atoms with van der Waals surface area (Å²) in [6, 6.07) is 22.7. The van der Waals surface area contributed by atoms with Gasteiger partial charge in [-0.25, -0.2) is 0 Å². The lowest BCUT2D eigenvalue weighted by molar-refractivity contribution is -0.118. The van der Waals surface area contributed by atoms with Crippen molar-refractivity contribution in [3.63, 3.8) is 0 Å². The van der Waals surface area contributed by atoms with Gasteiger partial charge in [-0.15, -0.1) is 0 Å². The maximum atomic E-state index is 11.5. The second-order valence-corrected chi connectivity index (χ2v) is 11.3. The van der Waals surface area contributed by atoms with Crippen LogP contribution < -0.4 is 15.4 Å². The average Bonchev–Trinajstić information content (AvgIpc) is 3.00. The SMILES string of the molecule is CN1CCC(c2ccccc2)(c2cc(CCOCCCCNCCc3cccc4c3OCC(=O)N4)ccc2O)CC1. The highest BCUT2D eigenvalue weighted by Gasteiger charge is 2.39. The van der Waals surface area contributed by atoms with Gasteiger partial charge in [0.1, 0.15) is 11.5 Å². The van der Waals surface area contributed by atoms with E-state index >= 15 is 0 Å². The molecular formula is C34H43N3O4. The molecule has 0 atom stereocenters. The average molecular weight is 558 g/mol. The van der Waals surface area contributed by atoms with Crippen LogP contribution in [0.5, 0.6) is 11.5 Å². The van der Waals surface area contributed by atoms with Gasteiger partial charge in [0.25, 0.3) is 5.91 Å². The number of carbonyl (C=O) groups is 1. The van der Waals surface area contributed by atoms with Gasteiger partial charge in [-0.1, -0.05) is 54.6 Å². The number of phenolic OH excluding ortho intramolecular Hbond substituents is 1. The Labute approximate surface area is 243 Å². The topological polar surface area (TPSA) is 83.1 Å². The maximum Gasteiger partial charge on any atom is 0.262 e. The van der Waals surface area contributed by atoms with Crippen LogP contribution in [0.1, 0.15) is 47.9 Å². The number of rotatable bonds is 13. The number of carbonyl (C=O) groups excluding carboxylic acids is 1. The minimum atomic E-state index is -0.162. The summed E-state index contributed by atoms with van der Waals surface area (Å²) >= 11 is 0. The van der Waals surface area contributed by atoms with Crippen molar-refractivity contribution in [1.29, 1.82) is 0 Å². The molecular weight excluding hydrogens is 514 g/mol. The molecule has 0 unspecified atom stereocenters. The van der Waals surface area contributed by atoms with Crippen molar-refractivity contribution in [1.82, 2.24) is 10.2 Å². The zero-order valence-corrected chi connectivity index (χ0v) is 24.2. The Morgan fingerprint density at radius 1 is 0.976 bits per heavy atom. The Morgan fingerprint density at radius 3 is 2.63 bits per heavy atom. The molecule has 41 heavy (non-hydrogen) atoms.